The number of pyridine rings is 2. The number of aliphatic hydroxyl groups is 1. The van der Waals surface area contributed by atoms with E-state index in [1.165, 1.54) is 12.1 Å². The molecule has 10 heteroatoms. The van der Waals surface area contributed by atoms with Gasteiger partial charge in [0.1, 0.15) is 17.3 Å². The molecule has 0 bridgehead atoms. The third-order valence-corrected chi connectivity index (χ3v) is 7.13. The number of nitrogens with zero attached hydrogens (tertiary/aromatic N) is 5. The molecule has 0 aliphatic carbocycles. The van der Waals surface area contributed by atoms with E-state index in [0.29, 0.717) is 42.4 Å². The fraction of sp³-hybridized carbons (Fsp3) is 0.321. The van der Waals surface area contributed by atoms with Gasteiger partial charge >= 0.3 is 0 Å². The van der Waals surface area contributed by atoms with Crippen LogP contribution in [0.15, 0.2) is 48.8 Å². The van der Waals surface area contributed by atoms with Gasteiger partial charge in [-0.3, -0.25) is 9.20 Å². The Morgan fingerprint density at radius 3 is 2.92 bits per heavy atom. The van der Waals surface area contributed by atoms with Crippen LogP contribution < -0.4 is 15.5 Å². The highest BCUT2D eigenvalue weighted by molar-refractivity contribution is 6.06. The minimum atomic E-state index is -0.347. The predicted octanol–water partition coefficient (Wildman–Crippen LogP) is 3.55. The smallest absolute Gasteiger partial charge is 0.254 e. The van der Waals surface area contributed by atoms with Gasteiger partial charge in [0, 0.05) is 44.0 Å². The van der Waals surface area contributed by atoms with E-state index >= 15 is 0 Å². The average Bonchev–Trinajstić information content (AvgIpc) is 3.48. The molecule has 1 atom stereocenters. The highest BCUT2D eigenvalue weighted by atomic mass is 19.1. The van der Waals surface area contributed by atoms with Crippen molar-refractivity contribution in [2.45, 2.75) is 32.0 Å². The summed E-state index contributed by atoms with van der Waals surface area (Å²) >= 11 is 0. The monoisotopic (exact) mass is 515 g/mol. The molecule has 0 saturated carbocycles. The first-order valence-electron chi connectivity index (χ1n) is 12.8. The number of imidazole rings is 1. The van der Waals surface area contributed by atoms with Crippen molar-refractivity contribution < 1.29 is 14.3 Å². The van der Waals surface area contributed by atoms with E-state index in [0.717, 1.165) is 47.6 Å². The summed E-state index contributed by atoms with van der Waals surface area (Å²) in [5, 5.41) is 16.5. The summed E-state index contributed by atoms with van der Waals surface area (Å²) in [6.45, 7) is 2.52. The van der Waals surface area contributed by atoms with Crippen molar-refractivity contribution in [3.8, 4) is 11.3 Å². The number of anilines is 3. The number of fused-ring (bicyclic) bond motifs is 2. The zero-order valence-corrected chi connectivity index (χ0v) is 21.4. The topological polar surface area (TPSA) is 98.0 Å². The summed E-state index contributed by atoms with van der Waals surface area (Å²) in [6, 6.07) is 10.6. The van der Waals surface area contributed by atoms with E-state index in [2.05, 4.69) is 25.4 Å². The number of β-amino-alcohol motifs (C(OH)–C–C–N with tert-alkyl or cyclic N) is 1. The second-order valence-corrected chi connectivity index (χ2v) is 10.2. The maximum absolute atomic E-state index is 13.7. The molecule has 1 unspecified atom stereocenters. The highest BCUT2D eigenvalue weighted by Gasteiger charge is 2.28. The molecule has 0 spiro atoms. The van der Waals surface area contributed by atoms with Gasteiger partial charge < -0.3 is 25.5 Å². The molecule has 1 amide bonds. The number of hydrogen-bond donors (Lipinski definition) is 3. The van der Waals surface area contributed by atoms with Gasteiger partial charge in [-0.1, -0.05) is 6.07 Å². The lowest BCUT2D eigenvalue weighted by molar-refractivity contribution is 0.0966. The van der Waals surface area contributed by atoms with Gasteiger partial charge in [-0.2, -0.15) is 0 Å². The molecule has 3 aromatic heterocycles. The summed E-state index contributed by atoms with van der Waals surface area (Å²) in [4.78, 5) is 26.5. The van der Waals surface area contributed by atoms with E-state index in [9.17, 15) is 14.3 Å². The maximum Gasteiger partial charge on any atom is 0.254 e. The van der Waals surface area contributed by atoms with E-state index < -0.39 is 0 Å². The molecule has 9 nitrogen and oxygen atoms in total. The number of aromatic nitrogens is 3. The number of halogens is 1. The number of amides is 1. The molecule has 1 saturated heterocycles. The first-order valence-corrected chi connectivity index (χ1v) is 12.8. The molecule has 3 N–H and O–H groups in total. The Morgan fingerprint density at radius 1 is 1.24 bits per heavy atom. The summed E-state index contributed by atoms with van der Waals surface area (Å²) < 4.78 is 15.5. The standard InChI is InChI=1S/C28H30FN7O2/c1-34(2)16-22-23(35-10-3-4-18(37)15-35)7-8-25(33-22)32-21-6-5-19(20-13-31-28(38)27(20)21)24-14-30-26-12-17(29)9-11-36(24)26/h5-9,11-12,14,18,37H,3-4,10,13,15-16H2,1-2H3,(H,31,38)(H,32,33). The molecular weight excluding hydrogens is 485 g/mol. The molecule has 4 aromatic rings. The van der Waals surface area contributed by atoms with Gasteiger partial charge in [-0.05, 0) is 56.8 Å². The third kappa shape index (κ3) is 4.46. The van der Waals surface area contributed by atoms with Gasteiger partial charge in [0.25, 0.3) is 5.91 Å². The predicted molar refractivity (Wildman–Crippen MR) is 144 cm³/mol. The Bertz CT molecular complexity index is 1530. The molecule has 38 heavy (non-hydrogen) atoms. The summed E-state index contributed by atoms with van der Waals surface area (Å²) in [6.07, 6.45) is 4.78. The molecule has 5 heterocycles. The number of piperidine rings is 1. The number of rotatable bonds is 6. The Morgan fingerprint density at radius 2 is 2.11 bits per heavy atom. The molecule has 0 radical (unpaired) electrons. The Hall–Kier alpha value is -4.02. The number of carbonyl (C=O) groups excluding carboxylic acids is 1. The van der Waals surface area contributed by atoms with E-state index in [-0.39, 0.29) is 17.8 Å². The molecule has 2 aliphatic rings. The Balaban J connectivity index is 1.36. The first kappa shape index (κ1) is 24.3. The number of carbonyl (C=O) groups is 1. The average molecular weight is 516 g/mol. The Labute approximate surface area is 219 Å². The van der Waals surface area contributed by atoms with Crippen LogP contribution in [-0.2, 0) is 13.1 Å². The molecule has 1 aromatic carbocycles. The van der Waals surface area contributed by atoms with Crippen molar-refractivity contribution in [2.75, 3.05) is 37.4 Å². The highest BCUT2D eigenvalue weighted by Crippen LogP contribution is 2.36. The van der Waals surface area contributed by atoms with Crippen LogP contribution in [-0.4, -0.2) is 63.6 Å². The zero-order valence-electron chi connectivity index (χ0n) is 21.4. The second-order valence-electron chi connectivity index (χ2n) is 10.2. The second kappa shape index (κ2) is 9.70. The van der Waals surface area contributed by atoms with Crippen molar-refractivity contribution in [2.24, 2.45) is 0 Å². The quantitative estimate of drug-likeness (QED) is 0.361. The van der Waals surface area contributed by atoms with Crippen molar-refractivity contribution in [1.82, 2.24) is 24.6 Å². The zero-order chi connectivity index (χ0) is 26.4. The van der Waals surface area contributed by atoms with Crippen molar-refractivity contribution >= 4 is 28.7 Å². The van der Waals surface area contributed by atoms with E-state index in [1.807, 2.05) is 42.8 Å². The minimum absolute atomic E-state index is 0.156. The SMILES string of the molecule is CN(C)Cc1nc(Nc2ccc(-c3cnc4cc(F)ccn34)c3c2C(=O)NC3)ccc1N1CCCC(O)C1. The van der Waals surface area contributed by atoms with Crippen LogP contribution in [0.2, 0.25) is 0 Å². The minimum Gasteiger partial charge on any atom is -0.391 e. The number of aliphatic hydroxyl groups excluding tert-OH is 1. The van der Waals surface area contributed by atoms with Crippen molar-refractivity contribution in [3.63, 3.8) is 0 Å². The van der Waals surface area contributed by atoms with E-state index in [1.54, 1.807) is 12.4 Å². The fourth-order valence-electron chi connectivity index (χ4n) is 5.43. The van der Waals surface area contributed by atoms with Crippen LogP contribution in [0.25, 0.3) is 16.9 Å². The summed E-state index contributed by atoms with van der Waals surface area (Å²) in [5.74, 6) is 0.139. The van der Waals surface area contributed by atoms with Crippen LogP contribution in [0.1, 0.15) is 34.5 Å². The molecule has 196 valence electrons. The van der Waals surface area contributed by atoms with Gasteiger partial charge in [0.15, 0.2) is 0 Å². The normalized spacial score (nSPS) is 17.2. The fourth-order valence-corrected chi connectivity index (χ4v) is 5.43. The molecule has 6 rings (SSSR count). The van der Waals surface area contributed by atoms with Gasteiger partial charge in [0.2, 0.25) is 0 Å². The van der Waals surface area contributed by atoms with Gasteiger partial charge in [0.05, 0.1) is 40.6 Å². The largest absolute Gasteiger partial charge is 0.391 e. The summed E-state index contributed by atoms with van der Waals surface area (Å²) in [7, 11) is 4.00. The maximum atomic E-state index is 13.7. The van der Waals surface area contributed by atoms with E-state index in [4.69, 9.17) is 4.98 Å². The van der Waals surface area contributed by atoms with Crippen molar-refractivity contribution in [3.05, 3.63) is 71.4 Å². The number of benzene rings is 1. The van der Waals surface area contributed by atoms with Crippen LogP contribution in [0.5, 0.6) is 0 Å². The first-order chi connectivity index (χ1) is 18.4. The lowest BCUT2D eigenvalue weighted by atomic mass is 9.99. The molecule has 2 aliphatic heterocycles. The van der Waals surface area contributed by atoms with Crippen molar-refractivity contribution in [1.29, 1.82) is 0 Å². The molecular formula is C28H30FN7O2. The van der Waals surface area contributed by atoms with Crippen LogP contribution >= 0.6 is 0 Å². The number of hydrogen-bond acceptors (Lipinski definition) is 7. The molecule has 1 fully saturated rings. The number of nitrogens with one attached hydrogen (secondary N) is 2. The third-order valence-electron chi connectivity index (χ3n) is 7.13. The lowest BCUT2D eigenvalue weighted by Gasteiger charge is -2.33. The van der Waals surface area contributed by atoms with Crippen LogP contribution in [0, 0.1) is 5.82 Å². The van der Waals surface area contributed by atoms with Crippen LogP contribution in [0.4, 0.5) is 21.6 Å². The lowest BCUT2D eigenvalue weighted by Crippen LogP contribution is -2.39. The Kier molecular flexibility index (Phi) is 6.21. The van der Waals surface area contributed by atoms with Crippen LogP contribution in [0.3, 0.4) is 0 Å². The van der Waals surface area contributed by atoms with Gasteiger partial charge in [-0.25, -0.2) is 14.4 Å². The van der Waals surface area contributed by atoms with Gasteiger partial charge in [-0.15, -0.1) is 0 Å². The summed E-state index contributed by atoms with van der Waals surface area (Å²) in [5.41, 5.74) is 6.18.